The maximum Gasteiger partial charge on any atom is 0.273 e. The van der Waals surface area contributed by atoms with E-state index >= 15 is 0 Å². The molecule has 28 heavy (non-hydrogen) atoms. The molecule has 0 bridgehead atoms. The number of nitrogens with one attached hydrogen (secondary N) is 1. The number of nitrogens with zero attached hydrogens (tertiary/aromatic N) is 4. The summed E-state index contributed by atoms with van der Waals surface area (Å²) in [5.41, 5.74) is 0.547. The lowest BCUT2D eigenvalue weighted by atomic mass is 10.1. The number of aryl methyl sites for hydroxylation is 1. The third kappa shape index (κ3) is 4.54. The average molecular weight is 385 g/mol. The average Bonchev–Trinajstić information content (AvgIpc) is 3.19. The van der Waals surface area contributed by atoms with Crippen LogP contribution in [0.3, 0.4) is 0 Å². The highest BCUT2D eigenvalue weighted by molar-refractivity contribution is 5.96. The van der Waals surface area contributed by atoms with Crippen LogP contribution in [0.2, 0.25) is 0 Å². The van der Waals surface area contributed by atoms with Crippen LogP contribution in [0.4, 0.5) is 11.5 Å². The van der Waals surface area contributed by atoms with Crippen LogP contribution < -0.4 is 15.0 Å². The van der Waals surface area contributed by atoms with Gasteiger partial charge in [-0.3, -0.25) is 14.9 Å². The van der Waals surface area contributed by atoms with Crippen molar-refractivity contribution >= 4 is 17.4 Å². The maximum atomic E-state index is 12.3. The van der Waals surface area contributed by atoms with Gasteiger partial charge >= 0.3 is 0 Å². The van der Waals surface area contributed by atoms with Gasteiger partial charge in [0.1, 0.15) is 18.2 Å². The fourth-order valence-electron chi connectivity index (χ4n) is 3.19. The number of hydrogen-bond acceptors (Lipinski definition) is 7. The van der Waals surface area contributed by atoms with Gasteiger partial charge in [0, 0.05) is 36.3 Å². The molecule has 0 unspecified atom stereocenters. The van der Waals surface area contributed by atoms with Gasteiger partial charge < -0.3 is 15.0 Å². The summed E-state index contributed by atoms with van der Waals surface area (Å²) in [7, 11) is 0. The summed E-state index contributed by atoms with van der Waals surface area (Å²) in [6.45, 7) is 5.83. The molecule has 0 radical (unpaired) electrons. The van der Waals surface area contributed by atoms with Crippen molar-refractivity contribution in [2.24, 2.45) is 0 Å². The topological polar surface area (TPSA) is 110 Å². The number of amides is 1. The van der Waals surface area contributed by atoms with Gasteiger partial charge in [0.2, 0.25) is 5.88 Å². The predicted molar refractivity (Wildman–Crippen MR) is 104 cm³/mol. The van der Waals surface area contributed by atoms with Crippen molar-refractivity contribution in [2.45, 2.75) is 26.7 Å². The Morgan fingerprint density at radius 2 is 2.04 bits per heavy atom. The molecular weight excluding hydrogens is 362 g/mol. The van der Waals surface area contributed by atoms with Gasteiger partial charge in [-0.05, 0) is 32.8 Å². The number of anilines is 1. The van der Waals surface area contributed by atoms with Gasteiger partial charge in [-0.25, -0.2) is 4.98 Å². The molecule has 1 aliphatic rings. The van der Waals surface area contributed by atoms with E-state index in [0.29, 0.717) is 17.3 Å². The molecule has 0 atom stereocenters. The number of aromatic nitrogens is 2. The zero-order valence-corrected chi connectivity index (χ0v) is 16.0. The molecule has 2 heterocycles. The number of hydrogen-bond donors (Lipinski definition) is 1. The Hall–Kier alpha value is -3.23. The minimum absolute atomic E-state index is 0.0743. The molecule has 2 aromatic rings. The zero-order chi connectivity index (χ0) is 20.1. The van der Waals surface area contributed by atoms with E-state index in [0.717, 1.165) is 31.7 Å². The summed E-state index contributed by atoms with van der Waals surface area (Å²) in [5.74, 6) is 1.59. The third-order valence-electron chi connectivity index (χ3n) is 4.62. The van der Waals surface area contributed by atoms with E-state index in [1.807, 2.05) is 13.0 Å². The van der Waals surface area contributed by atoms with Gasteiger partial charge in [0.15, 0.2) is 0 Å². The van der Waals surface area contributed by atoms with Crippen LogP contribution in [0.15, 0.2) is 24.3 Å². The summed E-state index contributed by atoms with van der Waals surface area (Å²) >= 11 is 0. The first-order chi connectivity index (χ1) is 13.5. The second-order valence-electron chi connectivity index (χ2n) is 6.62. The van der Waals surface area contributed by atoms with E-state index in [9.17, 15) is 14.9 Å². The molecule has 1 aromatic heterocycles. The first-order valence-corrected chi connectivity index (χ1v) is 9.21. The van der Waals surface area contributed by atoms with E-state index in [2.05, 4.69) is 20.2 Å². The van der Waals surface area contributed by atoms with Crippen molar-refractivity contribution in [1.29, 1.82) is 0 Å². The molecule has 1 aliphatic heterocycles. The maximum absolute atomic E-state index is 12.3. The van der Waals surface area contributed by atoms with E-state index in [1.165, 1.54) is 12.1 Å². The molecule has 9 heteroatoms. The van der Waals surface area contributed by atoms with E-state index in [4.69, 9.17) is 4.74 Å². The highest BCUT2D eigenvalue weighted by Crippen LogP contribution is 2.22. The zero-order valence-electron chi connectivity index (χ0n) is 16.0. The number of carbonyl (C=O) groups is 1. The molecule has 1 saturated heterocycles. The Morgan fingerprint density at radius 3 is 2.75 bits per heavy atom. The van der Waals surface area contributed by atoms with Crippen molar-refractivity contribution in [3.8, 4) is 5.88 Å². The third-order valence-corrected chi connectivity index (χ3v) is 4.62. The van der Waals surface area contributed by atoms with Crippen LogP contribution >= 0.6 is 0 Å². The quantitative estimate of drug-likeness (QED) is 0.443. The molecule has 1 aromatic carbocycles. The van der Waals surface area contributed by atoms with Crippen molar-refractivity contribution in [3.63, 3.8) is 0 Å². The molecule has 1 N–H and O–H groups in total. The minimum atomic E-state index is -0.495. The normalized spacial score (nSPS) is 13.4. The van der Waals surface area contributed by atoms with Crippen molar-refractivity contribution in [3.05, 3.63) is 51.3 Å². The van der Waals surface area contributed by atoms with E-state index < -0.39 is 4.92 Å². The van der Waals surface area contributed by atoms with E-state index in [-0.39, 0.29) is 30.3 Å². The van der Waals surface area contributed by atoms with Crippen LogP contribution in [0, 0.1) is 24.0 Å². The van der Waals surface area contributed by atoms with Crippen molar-refractivity contribution in [1.82, 2.24) is 15.3 Å². The Bertz CT molecular complexity index is 881. The number of benzene rings is 1. The molecule has 1 fully saturated rings. The molecule has 148 valence electrons. The second-order valence-corrected chi connectivity index (χ2v) is 6.62. The Labute approximate surface area is 162 Å². The van der Waals surface area contributed by atoms with Crippen LogP contribution in [-0.2, 0) is 0 Å². The molecule has 0 spiro atoms. The number of carbonyl (C=O) groups excluding carboxylic acids is 1. The van der Waals surface area contributed by atoms with Gasteiger partial charge in [-0.15, -0.1) is 0 Å². The number of rotatable bonds is 7. The van der Waals surface area contributed by atoms with Gasteiger partial charge in [0.25, 0.3) is 11.6 Å². The van der Waals surface area contributed by atoms with Gasteiger partial charge in [0.05, 0.1) is 11.5 Å². The largest absolute Gasteiger partial charge is 0.476 e. The SMILES string of the molecule is Cc1nc(OCCNC(=O)c2cccc([N+](=O)[O-])c2C)cc(N2CCCC2)n1. The molecule has 0 saturated carbocycles. The van der Waals surface area contributed by atoms with Crippen LogP contribution in [0.5, 0.6) is 5.88 Å². The van der Waals surface area contributed by atoms with Crippen LogP contribution in [0.25, 0.3) is 0 Å². The number of ether oxygens (including phenoxy) is 1. The van der Waals surface area contributed by atoms with Crippen LogP contribution in [0.1, 0.15) is 34.6 Å². The molecule has 3 rings (SSSR count). The summed E-state index contributed by atoms with van der Waals surface area (Å²) in [6, 6.07) is 6.25. The molecule has 0 aliphatic carbocycles. The number of nitro benzene ring substituents is 1. The lowest BCUT2D eigenvalue weighted by Gasteiger charge is -2.17. The fourth-order valence-corrected chi connectivity index (χ4v) is 3.19. The van der Waals surface area contributed by atoms with Gasteiger partial charge in [-0.1, -0.05) is 6.07 Å². The van der Waals surface area contributed by atoms with Crippen molar-refractivity contribution in [2.75, 3.05) is 31.1 Å². The molecule has 9 nitrogen and oxygen atoms in total. The minimum Gasteiger partial charge on any atom is -0.476 e. The van der Waals surface area contributed by atoms with Gasteiger partial charge in [-0.2, -0.15) is 4.98 Å². The molecule has 1 amide bonds. The molecular formula is C19H23N5O4. The highest BCUT2D eigenvalue weighted by Gasteiger charge is 2.18. The summed E-state index contributed by atoms with van der Waals surface area (Å²) in [5, 5.41) is 13.7. The lowest BCUT2D eigenvalue weighted by Crippen LogP contribution is -2.29. The first kappa shape index (κ1) is 19.5. The first-order valence-electron chi connectivity index (χ1n) is 9.21. The summed E-state index contributed by atoms with van der Waals surface area (Å²) in [4.78, 5) is 33.8. The van der Waals surface area contributed by atoms with E-state index in [1.54, 1.807) is 13.0 Å². The summed E-state index contributed by atoms with van der Waals surface area (Å²) < 4.78 is 5.66. The summed E-state index contributed by atoms with van der Waals surface area (Å²) in [6.07, 6.45) is 2.31. The standard InChI is InChI=1S/C19H23N5O4/c1-13-15(6-5-7-16(13)24(26)27)19(25)20-8-11-28-18-12-17(21-14(2)22-18)23-9-3-4-10-23/h5-7,12H,3-4,8-11H2,1-2H3,(H,20,25). The smallest absolute Gasteiger partial charge is 0.273 e. The van der Waals surface area contributed by atoms with Crippen molar-refractivity contribution < 1.29 is 14.5 Å². The number of nitro groups is 1. The monoisotopic (exact) mass is 385 g/mol. The Morgan fingerprint density at radius 1 is 1.29 bits per heavy atom. The second kappa shape index (κ2) is 8.64. The Balaban J connectivity index is 1.55. The van der Waals surface area contributed by atoms with Crippen LogP contribution in [-0.4, -0.2) is 47.0 Å². The lowest BCUT2D eigenvalue weighted by molar-refractivity contribution is -0.385. The highest BCUT2D eigenvalue weighted by atomic mass is 16.6. The predicted octanol–water partition coefficient (Wildman–Crippen LogP) is 2.41. The Kier molecular flexibility index (Phi) is 6.03. The fraction of sp³-hybridized carbons (Fsp3) is 0.421.